The van der Waals surface area contributed by atoms with Crippen LogP contribution in [0.4, 0.5) is 5.69 Å². The Labute approximate surface area is 90.8 Å². The van der Waals surface area contributed by atoms with Gasteiger partial charge in [-0.15, -0.1) is 23.5 Å². The van der Waals surface area contributed by atoms with Crippen molar-refractivity contribution in [3.05, 3.63) is 29.8 Å². The molecule has 0 saturated carbocycles. The number of benzene rings is 1. The van der Waals surface area contributed by atoms with Crippen LogP contribution in [0.15, 0.2) is 24.3 Å². The molecule has 4 heteroatoms. The van der Waals surface area contributed by atoms with Crippen LogP contribution in [0.5, 0.6) is 0 Å². The molecule has 0 atom stereocenters. The first kappa shape index (κ1) is 8.68. The Kier molecular flexibility index (Phi) is 1.82. The predicted molar refractivity (Wildman–Crippen MR) is 62.0 cm³/mol. The lowest BCUT2D eigenvalue weighted by atomic mass is 10.1. The van der Waals surface area contributed by atoms with Gasteiger partial charge in [-0.3, -0.25) is 4.79 Å². The average molecular weight is 223 g/mol. The van der Waals surface area contributed by atoms with Crippen LogP contribution in [0.1, 0.15) is 10.4 Å². The zero-order valence-corrected chi connectivity index (χ0v) is 9.08. The standard InChI is InChI=1S/C10H9NOS2/c12-9-7-3-1-2-4-8(7)11-10(9)13-5-6-14-10/h1-4,11H,5-6H2. The molecular weight excluding hydrogens is 214 g/mol. The molecule has 0 aromatic heterocycles. The minimum atomic E-state index is -0.399. The van der Waals surface area contributed by atoms with Gasteiger partial charge in [0.1, 0.15) is 0 Å². The molecular formula is C10H9NOS2. The second-order valence-electron chi connectivity index (χ2n) is 3.31. The maximum atomic E-state index is 12.1. The average Bonchev–Trinajstić information content (AvgIpc) is 2.77. The Hall–Kier alpha value is -0.610. The molecule has 1 saturated heterocycles. The van der Waals surface area contributed by atoms with Gasteiger partial charge in [0.25, 0.3) is 0 Å². The van der Waals surface area contributed by atoms with E-state index >= 15 is 0 Å². The number of hydrogen-bond acceptors (Lipinski definition) is 4. The first-order valence-electron chi connectivity index (χ1n) is 4.52. The highest BCUT2D eigenvalue weighted by molar-refractivity contribution is 8.22. The number of ketones is 1. The molecule has 0 unspecified atom stereocenters. The number of Topliss-reactive ketones (excluding diaryl/α,β-unsaturated/α-hetero) is 1. The number of carbonyl (C=O) groups is 1. The summed E-state index contributed by atoms with van der Waals surface area (Å²) in [5.41, 5.74) is 1.83. The van der Waals surface area contributed by atoms with Gasteiger partial charge in [0, 0.05) is 22.8 Å². The van der Waals surface area contributed by atoms with Gasteiger partial charge in [-0.25, -0.2) is 0 Å². The Balaban J connectivity index is 2.09. The molecule has 72 valence electrons. The second kappa shape index (κ2) is 2.94. The maximum absolute atomic E-state index is 12.1. The lowest BCUT2D eigenvalue weighted by molar-refractivity contribution is 0.0996. The summed E-state index contributed by atoms with van der Waals surface area (Å²) >= 11 is 3.44. The van der Waals surface area contributed by atoms with Crippen LogP contribution in [-0.2, 0) is 0 Å². The van der Waals surface area contributed by atoms with Crippen LogP contribution in [0.3, 0.4) is 0 Å². The smallest absolute Gasteiger partial charge is 0.211 e. The highest BCUT2D eigenvalue weighted by Gasteiger charge is 2.48. The summed E-state index contributed by atoms with van der Waals surface area (Å²) in [5.74, 6) is 2.34. The Morgan fingerprint density at radius 2 is 1.93 bits per heavy atom. The summed E-state index contributed by atoms with van der Waals surface area (Å²) in [4.78, 5) is 12.1. The number of para-hydroxylation sites is 1. The van der Waals surface area contributed by atoms with Crippen molar-refractivity contribution in [2.45, 2.75) is 4.20 Å². The molecule has 1 aromatic rings. The summed E-state index contributed by atoms with van der Waals surface area (Å²) in [6.45, 7) is 0. The van der Waals surface area contributed by atoms with Gasteiger partial charge in [-0.05, 0) is 12.1 Å². The fourth-order valence-electron chi connectivity index (χ4n) is 1.82. The number of nitrogens with one attached hydrogen (secondary N) is 1. The number of fused-ring (bicyclic) bond motifs is 1. The van der Waals surface area contributed by atoms with Crippen molar-refractivity contribution in [2.24, 2.45) is 0 Å². The quantitative estimate of drug-likeness (QED) is 0.731. The Morgan fingerprint density at radius 3 is 2.64 bits per heavy atom. The summed E-state index contributed by atoms with van der Waals surface area (Å²) in [5, 5.41) is 3.34. The molecule has 2 nitrogen and oxygen atoms in total. The van der Waals surface area contributed by atoms with E-state index in [1.807, 2.05) is 24.3 Å². The van der Waals surface area contributed by atoms with Gasteiger partial charge < -0.3 is 5.32 Å². The van der Waals surface area contributed by atoms with E-state index in [-0.39, 0.29) is 5.78 Å². The molecule has 14 heavy (non-hydrogen) atoms. The van der Waals surface area contributed by atoms with E-state index in [2.05, 4.69) is 5.32 Å². The third-order valence-corrected chi connectivity index (χ3v) is 5.63. The van der Waals surface area contributed by atoms with Crippen molar-refractivity contribution < 1.29 is 4.79 Å². The zero-order valence-electron chi connectivity index (χ0n) is 7.45. The van der Waals surface area contributed by atoms with Crippen LogP contribution >= 0.6 is 23.5 Å². The van der Waals surface area contributed by atoms with E-state index in [0.29, 0.717) is 0 Å². The maximum Gasteiger partial charge on any atom is 0.211 e. The molecule has 1 aromatic carbocycles. The van der Waals surface area contributed by atoms with E-state index in [1.165, 1.54) is 0 Å². The fraction of sp³-hybridized carbons (Fsp3) is 0.300. The Bertz CT molecular complexity index is 399. The van der Waals surface area contributed by atoms with E-state index in [0.717, 1.165) is 22.8 Å². The first-order chi connectivity index (χ1) is 6.82. The van der Waals surface area contributed by atoms with E-state index in [9.17, 15) is 4.79 Å². The van der Waals surface area contributed by atoms with Gasteiger partial charge in [0.2, 0.25) is 5.78 Å². The monoisotopic (exact) mass is 223 g/mol. The van der Waals surface area contributed by atoms with Crippen LogP contribution in [0.25, 0.3) is 0 Å². The third kappa shape index (κ3) is 1.04. The van der Waals surface area contributed by atoms with E-state index < -0.39 is 4.20 Å². The summed E-state index contributed by atoms with van der Waals surface area (Å²) in [6, 6.07) is 7.75. The van der Waals surface area contributed by atoms with Crippen LogP contribution < -0.4 is 5.32 Å². The summed E-state index contributed by atoms with van der Waals surface area (Å²) < 4.78 is -0.399. The lowest BCUT2D eigenvalue weighted by Crippen LogP contribution is -2.31. The first-order valence-corrected chi connectivity index (χ1v) is 6.49. The zero-order chi connectivity index (χ0) is 9.60. The van der Waals surface area contributed by atoms with Gasteiger partial charge in [0.05, 0.1) is 0 Å². The fourth-order valence-corrected chi connectivity index (χ4v) is 4.74. The van der Waals surface area contributed by atoms with Crippen molar-refractivity contribution in [1.82, 2.24) is 0 Å². The molecule has 1 N–H and O–H groups in total. The largest absolute Gasteiger partial charge is 0.355 e. The molecule has 2 aliphatic heterocycles. The number of hydrogen-bond donors (Lipinski definition) is 1. The van der Waals surface area contributed by atoms with E-state index in [4.69, 9.17) is 0 Å². The molecule has 0 aliphatic carbocycles. The highest BCUT2D eigenvalue weighted by Crippen LogP contribution is 2.50. The number of thioether (sulfide) groups is 2. The predicted octanol–water partition coefficient (Wildman–Crippen LogP) is 2.43. The number of anilines is 1. The molecule has 2 heterocycles. The number of carbonyl (C=O) groups excluding carboxylic acids is 1. The lowest BCUT2D eigenvalue weighted by Gasteiger charge is -2.19. The highest BCUT2D eigenvalue weighted by atomic mass is 32.2. The SMILES string of the molecule is O=C1c2ccccc2NC12SCCS2. The van der Waals surface area contributed by atoms with Gasteiger partial charge in [-0.1, -0.05) is 12.1 Å². The molecule has 0 radical (unpaired) electrons. The van der Waals surface area contributed by atoms with Crippen molar-refractivity contribution in [3.8, 4) is 0 Å². The summed E-state index contributed by atoms with van der Waals surface area (Å²) in [7, 11) is 0. The molecule has 3 rings (SSSR count). The van der Waals surface area contributed by atoms with E-state index in [1.54, 1.807) is 23.5 Å². The Morgan fingerprint density at radius 1 is 1.21 bits per heavy atom. The molecule has 1 spiro atoms. The van der Waals surface area contributed by atoms with Crippen LogP contribution in [0, 0.1) is 0 Å². The molecule has 1 fully saturated rings. The van der Waals surface area contributed by atoms with Crippen molar-refractivity contribution in [3.63, 3.8) is 0 Å². The van der Waals surface area contributed by atoms with Gasteiger partial charge in [-0.2, -0.15) is 0 Å². The van der Waals surface area contributed by atoms with Gasteiger partial charge in [0.15, 0.2) is 4.20 Å². The van der Waals surface area contributed by atoms with Crippen molar-refractivity contribution >= 4 is 35.0 Å². The van der Waals surface area contributed by atoms with Crippen LogP contribution in [-0.4, -0.2) is 21.5 Å². The minimum absolute atomic E-state index is 0.237. The van der Waals surface area contributed by atoms with Gasteiger partial charge >= 0.3 is 0 Å². The minimum Gasteiger partial charge on any atom is -0.355 e. The van der Waals surface area contributed by atoms with Crippen molar-refractivity contribution in [1.29, 1.82) is 0 Å². The molecule has 0 bridgehead atoms. The normalized spacial score (nSPS) is 22.4. The molecule has 2 aliphatic rings. The van der Waals surface area contributed by atoms with Crippen molar-refractivity contribution in [2.75, 3.05) is 16.8 Å². The van der Waals surface area contributed by atoms with Crippen LogP contribution in [0.2, 0.25) is 0 Å². The third-order valence-electron chi connectivity index (χ3n) is 2.46. The number of rotatable bonds is 0. The topological polar surface area (TPSA) is 29.1 Å². The molecule has 0 amide bonds. The second-order valence-corrected chi connectivity index (χ2v) is 6.19. The summed E-state index contributed by atoms with van der Waals surface area (Å²) in [6.07, 6.45) is 0.